The first-order chi connectivity index (χ1) is 21.4. The van der Waals surface area contributed by atoms with Crippen molar-refractivity contribution in [1.82, 2.24) is 29.1 Å². The standard InChI is InChI=1S/C39H40N6.Pd/c1-27-35(37(3,4)5)40-25-44(27)33-23-15-21-31(42-33)39(29-17-11-9-12-18-29,30-19-13-10-14-20-30)32-22-16-24-34(43-32)45-26-41-36(28(45)2)38(6,7)8;/h9-24H,1-8H3;/q-2;+2. The maximum absolute atomic E-state index is 5.38. The maximum Gasteiger partial charge on any atom is 2.00 e. The fourth-order valence-electron chi connectivity index (χ4n) is 6.37. The summed E-state index contributed by atoms with van der Waals surface area (Å²) in [5.74, 6) is 1.52. The van der Waals surface area contributed by atoms with Crippen LogP contribution in [0.5, 0.6) is 0 Å². The van der Waals surface area contributed by atoms with E-state index in [1.807, 2.05) is 33.4 Å². The van der Waals surface area contributed by atoms with Gasteiger partial charge in [-0.3, -0.25) is 9.97 Å². The molecule has 0 unspecified atom stereocenters. The molecule has 0 aliphatic carbocycles. The van der Waals surface area contributed by atoms with E-state index in [4.69, 9.17) is 9.97 Å². The molecule has 46 heavy (non-hydrogen) atoms. The minimum Gasteiger partial charge on any atom is -0.415 e. The van der Waals surface area contributed by atoms with E-state index in [9.17, 15) is 0 Å². The third kappa shape index (κ3) is 5.79. The van der Waals surface area contributed by atoms with Gasteiger partial charge in [-0.05, 0) is 45.5 Å². The van der Waals surface area contributed by atoms with Crippen molar-refractivity contribution < 1.29 is 20.4 Å². The summed E-state index contributed by atoms with van der Waals surface area (Å²) in [6.07, 6.45) is 6.44. The zero-order chi connectivity index (χ0) is 32.0. The Morgan fingerprint density at radius 2 is 0.870 bits per heavy atom. The summed E-state index contributed by atoms with van der Waals surface area (Å²) in [5, 5.41) is 0. The molecule has 236 valence electrons. The molecule has 0 saturated heterocycles. The fourth-order valence-corrected chi connectivity index (χ4v) is 6.37. The molecule has 0 fully saturated rings. The van der Waals surface area contributed by atoms with Crippen LogP contribution in [-0.2, 0) is 36.7 Å². The number of nitrogens with zero attached hydrogens (tertiary/aromatic N) is 6. The van der Waals surface area contributed by atoms with Crippen molar-refractivity contribution in [3.8, 4) is 11.6 Å². The van der Waals surface area contributed by atoms with E-state index in [0.29, 0.717) is 0 Å². The largest absolute Gasteiger partial charge is 2.00 e. The van der Waals surface area contributed by atoms with Gasteiger partial charge in [-0.2, -0.15) is 0 Å². The molecule has 0 atom stereocenters. The molecule has 0 aliphatic rings. The van der Waals surface area contributed by atoms with Gasteiger partial charge in [0, 0.05) is 12.7 Å². The molecule has 0 bridgehead atoms. The van der Waals surface area contributed by atoms with Gasteiger partial charge in [0.1, 0.15) is 5.41 Å². The third-order valence-electron chi connectivity index (χ3n) is 8.41. The van der Waals surface area contributed by atoms with Crippen molar-refractivity contribution in [1.29, 1.82) is 0 Å². The molecule has 4 heterocycles. The summed E-state index contributed by atoms with van der Waals surface area (Å²) in [7, 11) is 0. The molecule has 2 aromatic carbocycles. The van der Waals surface area contributed by atoms with Crippen LogP contribution in [0.4, 0.5) is 0 Å². The zero-order valence-electron chi connectivity index (χ0n) is 27.7. The van der Waals surface area contributed by atoms with Crippen molar-refractivity contribution in [2.75, 3.05) is 0 Å². The first kappa shape index (κ1) is 33.2. The molecular weight excluding hydrogens is 659 g/mol. The molecule has 0 radical (unpaired) electrons. The molecule has 6 nitrogen and oxygen atoms in total. The van der Waals surface area contributed by atoms with Crippen molar-refractivity contribution in [2.24, 2.45) is 0 Å². The number of hydrogen-bond acceptors (Lipinski definition) is 4. The van der Waals surface area contributed by atoms with Gasteiger partial charge in [-0.25, -0.2) is 0 Å². The molecule has 0 aliphatic heterocycles. The summed E-state index contributed by atoms with van der Waals surface area (Å²) >= 11 is 0. The van der Waals surface area contributed by atoms with Gasteiger partial charge in [0.25, 0.3) is 0 Å². The first-order valence-corrected chi connectivity index (χ1v) is 15.4. The molecule has 0 amide bonds. The normalized spacial score (nSPS) is 12.2. The number of rotatable bonds is 6. The Labute approximate surface area is 286 Å². The average molecular weight is 699 g/mol. The Hall–Kier alpha value is -4.18. The van der Waals surface area contributed by atoms with E-state index in [0.717, 1.165) is 56.9 Å². The van der Waals surface area contributed by atoms with E-state index in [1.54, 1.807) is 0 Å². The van der Waals surface area contributed by atoms with Crippen LogP contribution in [0.1, 0.15) is 86.8 Å². The minimum absolute atomic E-state index is 0. The van der Waals surface area contributed by atoms with Crippen LogP contribution in [0, 0.1) is 26.5 Å². The second-order valence-electron chi connectivity index (χ2n) is 13.7. The summed E-state index contributed by atoms with van der Waals surface area (Å²) < 4.78 is 3.93. The second kappa shape index (κ2) is 12.5. The Morgan fingerprint density at radius 1 is 0.500 bits per heavy atom. The van der Waals surface area contributed by atoms with Gasteiger partial charge in [-0.15, -0.1) is 0 Å². The molecule has 0 N–H and O–H groups in total. The molecule has 6 aromatic rings. The van der Waals surface area contributed by atoms with Crippen LogP contribution in [-0.4, -0.2) is 29.1 Å². The predicted octanol–water partition coefficient (Wildman–Crippen LogP) is 8.04. The number of pyridine rings is 2. The topological polar surface area (TPSA) is 61.4 Å². The summed E-state index contributed by atoms with van der Waals surface area (Å²) in [4.78, 5) is 20.1. The Balaban J connectivity index is 0.00000417. The third-order valence-corrected chi connectivity index (χ3v) is 8.41. The van der Waals surface area contributed by atoms with E-state index < -0.39 is 5.41 Å². The van der Waals surface area contributed by atoms with Crippen LogP contribution < -0.4 is 0 Å². The molecule has 6 rings (SSSR count). The van der Waals surface area contributed by atoms with E-state index in [-0.39, 0.29) is 31.3 Å². The van der Waals surface area contributed by atoms with E-state index in [2.05, 4.69) is 151 Å². The maximum atomic E-state index is 5.38. The SMILES string of the molecule is Cc1c(C(C)(C)C)n[c-]n1-c1cccc(C(c2ccccc2)(c2ccccc2)c2cccc(-n3[c-]nc(C(C)(C)C)c3C)n2)n1.[Pd+2]. The summed E-state index contributed by atoms with van der Waals surface area (Å²) in [6.45, 7) is 17.2. The number of benzene rings is 2. The van der Waals surface area contributed by atoms with Crippen molar-refractivity contribution in [3.05, 3.63) is 155 Å². The molecule has 4 aromatic heterocycles. The van der Waals surface area contributed by atoms with Gasteiger partial charge in [-0.1, -0.05) is 152 Å². The minimum atomic E-state index is -0.836. The van der Waals surface area contributed by atoms with Crippen LogP contribution in [0.3, 0.4) is 0 Å². The Kier molecular flexibility index (Phi) is 9.06. The van der Waals surface area contributed by atoms with Gasteiger partial charge >= 0.3 is 20.4 Å². The average Bonchev–Trinajstić information content (AvgIpc) is 3.62. The van der Waals surface area contributed by atoms with Crippen LogP contribution >= 0.6 is 0 Å². The predicted molar refractivity (Wildman–Crippen MR) is 179 cm³/mol. The van der Waals surface area contributed by atoms with Crippen molar-refractivity contribution in [2.45, 2.75) is 71.6 Å². The smallest absolute Gasteiger partial charge is 0.415 e. The number of aromatic nitrogens is 6. The molecular formula is C39H40N6Pd. The summed E-state index contributed by atoms with van der Waals surface area (Å²) in [6, 6.07) is 33.4. The Bertz CT molecular complexity index is 1800. The van der Waals surface area contributed by atoms with Gasteiger partial charge in [0.05, 0.1) is 23.0 Å². The quantitative estimate of drug-likeness (QED) is 0.131. The number of imidazole rings is 2. The number of hydrogen-bond donors (Lipinski definition) is 0. The van der Waals surface area contributed by atoms with Gasteiger partial charge < -0.3 is 19.1 Å². The van der Waals surface area contributed by atoms with Crippen LogP contribution in [0.2, 0.25) is 0 Å². The monoisotopic (exact) mass is 698 g/mol. The molecule has 7 heteroatoms. The van der Waals surface area contributed by atoms with Crippen LogP contribution in [0.25, 0.3) is 11.6 Å². The zero-order valence-corrected chi connectivity index (χ0v) is 29.3. The van der Waals surface area contributed by atoms with Crippen molar-refractivity contribution >= 4 is 0 Å². The Morgan fingerprint density at radius 3 is 1.20 bits per heavy atom. The van der Waals surface area contributed by atoms with Gasteiger partial charge in [0.2, 0.25) is 0 Å². The van der Waals surface area contributed by atoms with Crippen molar-refractivity contribution in [3.63, 3.8) is 0 Å². The van der Waals surface area contributed by atoms with E-state index >= 15 is 0 Å². The fraction of sp³-hybridized carbons (Fsp3) is 0.282. The second-order valence-corrected chi connectivity index (χ2v) is 13.7. The molecule has 0 saturated carbocycles. The molecule has 0 spiro atoms. The summed E-state index contributed by atoms with van der Waals surface area (Å²) in [5.41, 5.74) is 6.83. The van der Waals surface area contributed by atoms with Gasteiger partial charge in [0.15, 0.2) is 0 Å². The first-order valence-electron chi connectivity index (χ1n) is 15.4. The van der Waals surface area contributed by atoms with Crippen LogP contribution in [0.15, 0.2) is 97.1 Å². The van der Waals surface area contributed by atoms with E-state index in [1.165, 1.54) is 0 Å².